The van der Waals surface area contributed by atoms with E-state index in [0.717, 1.165) is 17.6 Å². The SMILES string of the molecule is Cc1nc(Cl)cc(Nc2ncc(C(=O)Nc3c(Cl)cccc3S(C)(=O)=O)s2)n1. The van der Waals surface area contributed by atoms with E-state index in [9.17, 15) is 13.2 Å². The molecule has 3 aromatic rings. The lowest BCUT2D eigenvalue weighted by atomic mass is 10.3. The van der Waals surface area contributed by atoms with Crippen molar-refractivity contribution in [3.63, 3.8) is 0 Å². The number of para-hydroxylation sites is 1. The number of benzene rings is 1. The van der Waals surface area contributed by atoms with Crippen molar-refractivity contribution in [3.05, 3.63) is 51.3 Å². The summed E-state index contributed by atoms with van der Waals surface area (Å²) in [5.41, 5.74) is 0.0257. The average Bonchev–Trinajstić information content (AvgIpc) is 3.03. The van der Waals surface area contributed by atoms with Crippen LogP contribution < -0.4 is 10.6 Å². The number of hydrogen-bond acceptors (Lipinski definition) is 8. The zero-order chi connectivity index (χ0) is 20.5. The second-order valence-electron chi connectivity index (χ2n) is 5.62. The number of aryl methyl sites for hydroxylation is 1. The molecule has 2 N–H and O–H groups in total. The second-order valence-corrected chi connectivity index (χ2v) is 9.43. The van der Waals surface area contributed by atoms with E-state index >= 15 is 0 Å². The molecule has 0 unspecified atom stereocenters. The summed E-state index contributed by atoms with van der Waals surface area (Å²) in [6.07, 6.45) is 2.40. The maximum Gasteiger partial charge on any atom is 0.267 e. The molecule has 2 heterocycles. The number of halogens is 2. The quantitative estimate of drug-likeness (QED) is 0.557. The molecule has 0 radical (unpaired) electrons. The van der Waals surface area contributed by atoms with Crippen molar-refractivity contribution in [2.24, 2.45) is 0 Å². The van der Waals surface area contributed by atoms with Crippen LogP contribution in [0.4, 0.5) is 16.6 Å². The first-order valence-corrected chi connectivity index (χ1v) is 11.1. The third-order valence-electron chi connectivity index (χ3n) is 3.38. The van der Waals surface area contributed by atoms with Crippen LogP contribution in [0, 0.1) is 6.92 Å². The summed E-state index contributed by atoms with van der Waals surface area (Å²) in [7, 11) is -3.58. The molecule has 146 valence electrons. The summed E-state index contributed by atoms with van der Waals surface area (Å²) in [6.45, 7) is 1.70. The Morgan fingerprint density at radius 2 is 1.96 bits per heavy atom. The Bertz CT molecular complexity index is 1140. The summed E-state index contributed by atoms with van der Waals surface area (Å²) < 4.78 is 23.9. The zero-order valence-corrected chi connectivity index (χ0v) is 17.7. The molecule has 0 saturated carbocycles. The molecule has 1 amide bonds. The van der Waals surface area contributed by atoms with Crippen LogP contribution in [0.15, 0.2) is 35.4 Å². The number of thiazole rings is 1. The monoisotopic (exact) mass is 457 g/mol. The van der Waals surface area contributed by atoms with E-state index in [2.05, 4.69) is 25.6 Å². The number of amides is 1. The topological polar surface area (TPSA) is 114 Å². The lowest BCUT2D eigenvalue weighted by Crippen LogP contribution is -2.14. The number of aromatic nitrogens is 3. The normalized spacial score (nSPS) is 11.3. The fourth-order valence-electron chi connectivity index (χ4n) is 2.25. The molecule has 0 atom stereocenters. The molecular formula is C16H13Cl2N5O3S2. The predicted octanol–water partition coefficient (Wildman–Crippen LogP) is 3.95. The van der Waals surface area contributed by atoms with Gasteiger partial charge in [-0.25, -0.2) is 23.4 Å². The first-order valence-electron chi connectivity index (χ1n) is 7.67. The average molecular weight is 458 g/mol. The van der Waals surface area contributed by atoms with Crippen molar-refractivity contribution in [2.75, 3.05) is 16.9 Å². The molecular weight excluding hydrogens is 445 g/mol. The second kappa shape index (κ2) is 8.00. The predicted molar refractivity (Wildman–Crippen MR) is 110 cm³/mol. The fraction of sp³-hybridized carbons (Fsp3) is 0.125. The Morgan fingerprint density at radius 1 is 1.21 bits per heavy atom. The molecule has 0 aliphatic rings. The molecule has 0 saturated heterocycles. The Hall–Kier alpha value is -2.27. The highest BCUT2D eigenvalue weighted by molar-refractivity contribution is 7.90. The van der Waals surface area contributed by atoms with Crippen LogP contribution in [0.25, 0.3) is 0 Å². The van der Waals surface area contributed by atoms with E-state index in [1.807, 2.05) is 0 Å². The van der Waals surface area contributed by atoms with Gasteiger partial charge in [-0.1, -0.05) is 40.6 Å². The first-order chi connectivity index (χ1) is 13.1. The standard InChI is InChI=1S/C16H13Cl2N5O3S2/c1-8-20-12(18)6-13(21-8)22-16-19-7-10(27-16)15(24)23-14-9(17)4-3-5-11(14)28(2,25)26/h3-7H,1-2H3,(H,23,24)(H,19,20,21,22). The number of carbonyl (C=O) groups is 1. The van der Waals surface area contributed by atoms with Gasteiger partial charge in [0.25, 0.3) is 5.91 Å². The Kier molecular flexibility index (Phi) is 5.84. The van der Waals surface area contributed by atoms with Crippen molar-refractivity contribution in [3.8, 4) is 0 Å². The van der Waals surface area contributed by atoms with Gasteiger partial charge in [-0.2, -0.15) is 0 Å². The van der Waals surface area contributed by atoms with E-state index < -0.39 is 15.7 Å². The molecule has 1 aromatic carbocycles. The molecule has 0 bridgehead atoms. The van der Waals surface area contributed by atoms with Gasteiger partial charge in [0.15, 0.2) is 15.0 Å². The third-order valence-corrected chi connectivity index (χ3v) is 5.94. The number of nitrogens with one attached hydrogen (secondary N) is 2. The lowest BCUT2D eigenvalue weighted by Gasteiger charge is -2.10. The minimum Gasteiger partial charge on any atom is -0.319 e. The van der Waals surface area contributed by atoms with Crippen molar-refractivity contribution in [1.82, 2.24) is 15.0 Å². The zero-order valence-electron chi connectivity index (χ0n) is 14.5. The van der Waals surface area contributed by atoms with Crippen LogP contribution in [-0.2, 0) is 9.84 Å². The van der Waals surface area contributed by atoms with Crippen LogP contribution in [0.2, 0.25) is 10.2 Å². The van der Waals surface area contributed by atoms with Crippen LogP contribution in [0.1, 0.15) is 15.5 Å². The first kappa shape index (κ1) is 20.5. The molecule has 8 nitrogen and oxygen atoms in total. The summed E-state index contributed by atoms with van der Waals surface area (Å²) in [4.78, 5) is 25.0. The highest BCUT2D eigenvalue weighted by Crippen LogP contribution is 2.31. The maximum absolute atomic E-state index is 12.6. The minimum absolute atomic E-state index is 0.0257. The van der Waals surface area contributed by atoms with Crippen molar-refractivity contribution in [2.45, 2.75) is 11.8 Å². The van der Waals surface area contributed by atoms with Gasteiger partial charge in [-0.15, -0.1) is 0 Å². The number of hydrogen-bond donors (Lipinski definition) is 2. The van der Waals surface area contributed by atoms with Gasteiger partial charge in [0.2, 0.25) is 0 Å². The summed E-state index contributed by atoms with van der Waals surface area (Å²) in [5, 5.41) is 6.28. The Labute approximate surface area is 174 Å². The van der Waals surface area contributed by atoms with Crippen LogP contribution in [0.5, 0.6) is 0 Å². The molecule has 12 heteroatoms. The third kappa shape index (κ3) is 4.76. The number of carbonyl (C=O) groups excluding carboxylic acids is 1. The molecule has 0 spiro atoms. The fourth-order valence-corrected chi connectivity index (χ4v) is 4.33. The van der Waals surface area contributed by atoms with Gasteiger partial charge in [0.1, 0.15) is 21.7 Å². The molecule has 28 heavy (non-hydrogen) atoms. The highest BCUT2D eigenvalue weighted by atomic mass is 35.5. The van der Waals surface area contributed by atoms with Crippen LogP contribution >= 0.6 is 34.5 Å². The van der Waals surface area contributed by atoms with Crippen molar-refractivity contribution in [1.29, 1.82) is 0 Å². The van der Waals surface area contributed by atoms with E-state index in [0.29, 0.717) is 16.8 Å². The number of anilines is 3. The maximum atomic E-state index is 12.6. The molecule has 2 aromatic heterocycles. The van der Waals surface area contributed by atoms with E-state index in [4.69, 9.17) is 23.2 Å². The molecule has 0 fully saturated rings. The van der Waals surface area contributed by atoms with E-state index in [1.54, 1.807) is 6.92 Å². The van der Waals surface area contributed by atoms with Crippen LogP contribution in [-0.4, -0.2) is 35.5 Å². The van der Waals surface area contributed by atoms with E-state index in [-0.39, 0.29) is 25.6 Å². The molecule has 0 aliphatic heterocycles. The van der Waals surface area contributed by atoms with Gasteiger partial charge in [-0.05, 0) is 19.1 Å². The summed E-state index contributed by atoms with van der Waals surface area (Å²) in [5.74, 6) is 0.376. The van der Waals surface area contributed by atoms with Gasteiger partial charge >= 0.3 is 0 Å². The Balaban J connectivity index is 1.82. The highest BCUT2D eigenvalue weighted by Gasteiger charge is 2.20. The summed E-state index contributed by atoms with van der Waals surface area (Å²) >= 11 is 13.0. The minimum atomic E-state index is -3.58. The number of rotatable bonds is 5. The van der Waals surface area contributed by atoms with Gasteiger partial charge in [0.05, 0.1) is 21.8 Å². The van der Waals surface area contributed by atoms with Crippen LogP contribution in [0.3, 0.4) is 0 Å². The molecule has 0 aliphatic carbocycles. The smallest absolute Gasteiger partial charge is 0.267 e. The summed E-state index contributed by atoms with van der Waals surface area (Å²) in [6, 6.07) is 5.89. The number of sulfone groups is 1. The largest absolute Gasteiger partial charge is 0.319 e. The molecule has 3 rings (SSSR count). The lowest BCUT2D eigenvalue weighted by molar-refractivity contribution is 0.103. The van der Waals surface area contributed by atoms with Gasteiger partial charge < -0.3 is 10.6 Å². The van der Waals surface area contributed by atoms with Crippen molar-refractivity contribution >= 4 is 66.9 Å². The van der Waals surface area contributed by atoms with Gasteiger partial charge in [0, 0.05) is 12.3 Å². The Morgan fingerprint density at radius 3 is 2.64 bits per heavy atom. The van der Waals surface area contributed by atoms with E-state index in [1.165, 1.54) is 30.5 Å². The number of nitrogens with zero attached hydrogens (tertiary/aromatic N) is 3. The van der Waals surface area contributed by atoms with Crippen molar-refractivity contribution < 1.29 is 13.2 Å². The van der Waals surface area contributed by atoms with Gasteiger partial charge in [-0.3, -0.25) is 4.79 Å².